The average molecular weight is 434 g/mol. The van der Waals surface area contributed by atoms with Crippen molar-refractivity contribution in [3.05, 3.63) is 96.1 Å². The Labute approximate surface area is 173 Å². The standard InChI is InChI=1S/C22H21F3N2O2S/c1-17-12-14-20(15-13-17)30(28,29)27-21(22(23,24)25,18-8-4-2-5-9-18)16-26-19-10-6-3-7-11-19/h2-15,26-27H,16H2,1H3/t21-/m1/s1. The van der Waals surface area contributed by atoms with Crippen molar-refractivity contribution in [1.29, 1.82) is 0 Å². The Morgan fingerprint density at radius 1 is 0.800 bits per heavy atom. The molecular weight excluding hydrogens is 413 g/mol. The zero-order valence-corrected chi connectivity index (χ0v) is 17.0. The van der Waals surface area contributed by atoms with Crippen molar-refractivity contribution in [2.75, 3.05) is 11.9 Å². The molecule has 0 aliphatic carbocycles. The smallest absolute Gasteiger partial charge is 0.382 e. The molecule has 1 atom stereocenters. The minimum absolute atomic E-state index is 0.211. The van der Waals surface area contributed by atoms with Crippen LogP contribution < -0.4 is 10.0 Å². The molecule has 3 aromatic rings. The van der Waals surface area contributed by atoms with Crippen molar-refractivity contribution in [2.24, 2.45) is 0 Å². The van der Waals surface area contributed by atoms with E-state index < -0.39 is 28.3 Å². The van der Waals surface area contributed by atoms with Crippen LogP contribution in [0.3, 0.4) is 0 Å². The second-order valence-corrected chi connectivity index (χ2v) is 8.59. The maximum atomic E-state index is 14.5. The van der Waals surface area contributed by atoms with Crippen molar-refractivity contribution >= 4 is 15.7 Å². The summed E-state index contributed by atoms with van der Waals surface area (Å²) in [6, 6.07) is 20.9. The van der Waals surface area contributed by atoms with Crippen LogP contribution >= 0.6 is 0 Å². The van der Waals surface area contributed by atoms with Crippen LogP contribution in [0, 0.1) is 6.92 Å². The van der Waals surface area contributed by atoms with Crippen molar-refractivity contribution in [3.8, 4) is 0 Å². The van der Waals surface area contributed by atoms with Gasteiger partial charge in [-0.25, -0.2) is 8.42 Å². The lowest BCUT2D eigenvalue weighted by atomic mass is 9.90. The SMILES string of the molecule is Cc1ccc(S(=O)(=O)N[C@](CNc2ccccc2)(c2ccccc2)C(F)(F)F)cc1. The van der Waals surface area contributed by atoms with Gasteiger partial charge in [-0.15, -0.1) is 0 Å². The molecule has 0 aliphatic heterocycles. The van der Waals surface area contributed by atoms with Gasteiger partial charge >= 0.3 is 6.18 Å². The fourth-order valence-corrected chi connectivity index (χ4v) is 4.41. The van der Waals surface area contributed by atoms with Gasteiger partial charge in [0.25, 0.3) is 0 Å². The van der Waals surface area contributed by atoms with E-state index in [9.17, 15) is 21.6 Å². The molecule has 0 fully saturated rings. The molecule has 0 saturated carbocycles. The first-order valence-corrected chi connectivity index (χ1v) is 10.6. The molecule has 8 heteroatoms. The topological polar surface area (TPSA) is 58.2 Å². The lowest BCUT2D eigenvalue weighted by Crippen LogP contribution is -2.59. The van der Waals surface area contributed by atoms with Crippen molar-refractivity contribution in [1.82, 2.24) is 4.72 Å². The zero-order chi connectivity index (χ0) is 21.8. The normalized spacial score (nSPS) is 14.1. The number of alkyl halides is 3. The van der Waals surface area contributed by atoms with E-state index in [1.54, 1.807) is 43.3 Å². The minimum atomic E-state index is -4.92. The van der Waals surface area contributed by atoms with E-state index in [4.69, 9.17) is 0 Å². The highest BCUT2D eigenvalue weighted by atomic mass is 32.2. The number of rotatable bonds is 7. The summed E-state index contributed by atoms with van der Waals surface area (Å²) in [7, 11) is -4.48. The summed E-state index contributed by atoms with van der Waals surface area (Å²) < 4.78 is 71.4. The van der Waals surface area contributed by atoms with Gasteiger partial charge in [0.15, 0.2) is 5.54 Å². The Balaban J connectivity index is 2.08. The van der Waals surface area contributed by atoms with E-state index in [2.05, 4.69) is 5.32 Å². The van der Waals surface area contributed by atoms with Gasteiger partial charge in [0.05, 0.1) is 4.90 Å². The quantitative estimate of drug-likeness (QED) is 0.559. The summed E-state index contributed by atoms with van der Waals surface area (Å²) in [6.45, 7) is 1.03. The summed E-state index contributed by atoms with van der Waals surface area (Å²) in [4.78, 5) is -0.239. The third-order valence-electron chi connectivity index (χ3n) is 4.72. The third-order valence-corrected chi connectivity index (χ3v) is 6.23. The first-order valence-electron chi connectivity index (χ1n) is 9.16. The Hall–Kier alpha value is -2.84. The summed E-state index contributed by atoms with van der Waals surface area (Å²) in [5.41, 5.74) is -1.86. The van der Waals surface area contributed by atoms with E-state index >= 15 is 0 Å². The molecular formula is C22H21F3N2O2S. The zero-order valence-electron chi connectivity index (χ0n) is 16.1. The largest absolute Gasteiger partial charge is 0.413 e. The molecule has 0 amide bonds. The number of hydrogen-bond donors (Lipinski definition) is 2. The van der Waals surface area contributed by atoms with Crippen molar-refractivity contribution in [3.63, 3.8) is 0 Å². The summed E-state index contributed by atoms with van der Waals surface area (Å²) in [5.74, 6) is 0. The van der Waals surface area contributed by atoms with Crippen LogP contribution in [0.15, 0.2) is 89.8 Å². The van der Waals surface area contributed by atoms with E-state index in [0.717, 1.165) is 5.56 Å². The molecule has 0 bridgehead atoms. The molecule has 0 aliphatic rings. The number of nitrogens with one attached hydrogen (secondary N) is 2. The van der Waals surface area contributed by atoms with Crippen LogP contribution in [0.4, 0.5) is 18.9 Å². The summed E-state index contributed by atoms with van der Waals surface area (Å²) in [5, 5.41) is 2.73. The average Bonchev–Trinajstić information content (AvgIpc) is 2.72. The maximum Gasteiger partial charge on any atom is 0.413 e. The molecule has 0 radical (unpaired) electrons. The Morgan fingerprint density at radius 3 is 1.87 bits per heavy atom. The predicted octanol–water partition coefficient (Wildman–Crippen LogP) is 4.84. The Morgan fingerprint density at radius 2 is 1.33 bits per heavy atom. The second-order valence-electron chi connectivity index (χ2n) is 6.91. The monoisotopic (exact) mass is 434 g/mol. The number of sulfonamides is 1. The first kappa shape index (κ1) is 21.9. The molecule has 0 heterocycles. The Kier molecular flexibility index (Phi) is 6.19. The van der Waals surface area contributed by atoms with E-state index in [1.165, 1.54) is 48.5 Å². The minimum Gasteiger partial charge on any atom is -0.382 e. The summed E-state index contributed by atoms with van der Waals surface area (Å²) in [6.07, 6.45) is -4.92. The highest BCUT2D eigenvalue weighted by Crippen LogP contribution is 2.40. The van der Waals surface area contributed by atoms with Gasteiger partial charge in [0.2, 0.25) is 10.0 Å². The number of aryl methyl sites for hydroxylation is 1. The van der Waals surface area contributed by atoms with Crippen LogP contribution in [-0.4, -0.2) is 21.1 Å². The molecule has 2 N–H and O–H groups in total. The number of halogens is 3. The second kappa shape index (κ2) is 8.49. The van der Waals surface area contributed by atoms with Gasteiger partial charge in [-0.1, -0.05) is 66.2 Å². The first-order chi connectivity index (χ1) is 14.1. The van der Waals surface area contributed by atoms with Crippen LogP contribution in [0.5, 0.6) is 0 Å². The molecule has 158 valence electrons. The van der Waals surface area contributed by atoms with Crippen molar-refractivity contribution in [2.45, 2.75) is 23.5 Å². The van der Waals surface area contributed by atoms with Gasteiger partial charge in [0, 0.05) is 12.2 Å². The van der Waals surface area contributed by atoms with E-state index in [-0.39, 0.29) is 10.5 Å². The highest BCUT2D eigenvalue weighted by molar-refractivity contribution is 7.89. The Bertz CT molecular complexity index is 1070. The number of anilines is 1. The van der Waals surface area contributed by atoms with Crippen molar-refractivity contribution < 1.29 is 21.6 Å². The number of hydrogen-bond acceptors (Lipinski definition) is 3. The fourth-order valence-electron chi connectivity index (χ4n) is 3.04. The molecule has 0 unspecified atom stereocenters. The van der Waals surface area contributed by atoms with Gasteiger partial charge in [-0.2, -0.15) is 17.9 Å². The molecule has 4 nitrogen and oxygen atoms in total. The van der Waals surface area contributed by atoms with Gasteiger partial charge in [0.1, 0.15) is 0 Å². The highest BCUT2D eigenvalue weighted by Gasteiger charge is 2.58. The third kappa shape index (κ3) is 4.66. The molecule has 3 aromatic carbocycles. The van der Waals surface area contributed by atoms with Crippen LogP contribution in [0.2, 0.25) is 0 Å². The molecule has 0 saturated heterocycles. The molecule has 30 heavy (non-hydrogen) atoms. The van der Waals surface area contributed by atoms with E-state index in [0.29, 0.717) is 5.69 Å². The summed E-state index contributed by atoms with van der Waals surface area (Å²) >= 11 is 0. The van der Waals surface area contributed by atoms with E-state index in [1.807, 2.05) is 4.72 Å². The van der Waals surface area contributed by atoms with Gasteiger partial charge in [-0.05, 0) is 36.8 Å². The molecule has 0 aromatic heterocycles. The lowest BCUT2D eigenvalue weighted by Gasteiger charge is -2.37. The van der Waals surface area contributed by atoms with Crippen LogP contribution in [0.25, 0.3) is 0 Å². The van der Waals surface area contributed by atoms with Crippen LogP contribution in [0.1, 0.15) is 11.1 Å². The fraction of sp³-hybridized carbons (Fsp3) is 0.182. The molecule has 3 rings (SSSR count). The maximum absolute atomic E-state index is 14.5. The predicted molar refractivity (Wildman–Crippen MR) is 111 cm³/mol. The lowest BCUT2D eigenvalue weighted by molar-refractivity contribution is -0.190. The van der Waals surface area contributed by atoms with Gasteiger partial charge in [-0.3, -0.25) is 0 Å². The van der Waals surface area contributed by atoms with Gasteiger partial charge < -0.3 is 5.32 Å². The van der Waals surface area contributed by atoms with Crippen LogP contribution in [-0.2, 0) is 15.6 Å². The molecule has 0 spiro atoms. The number of benzene rings is 3. The number of para-hydroxylation sites is 1.